The minimum absolute atomic E-state index is 0.0355. The number of hydrogen-bond acceptors (Lipinski definition) is 4. The van der Waals surface area contributed by atoms with Crippen molar-refractivity contribution in [3.8, 4) is 33.8 Å². The Bertz CT molecular complexity index is 1840. The van der Waals surface area contributed by atoms with E-state index in [9.17, 15) is 10.2 Å². The lowest BCUT2D eigenvalue weighted by Gasteiger charge is -2.35. The Morgan fingerprint density at radius 3 is 1.70 bits per heavy atom. The Kier molecular flexibility index (Phi) is 7.15. The topological polar surface area (TPSA) is 58.9 Å². The Morgan fingerprint density at radius 1 is 0.488 bits per heavy atom. The van der Waals surface area contributed by atoms with Crippen LogP contribution in [-0.4, -0.2) is 36.6 Å². The number of hydrogen-bond donors (Lipinski definition) is 2. The van der Waals surface area contributed by atoms with Gasteiger partial charge in [-0.25, -0.2) is 0 Å². The van der Waals surface area contributed by atoms with E-state index in [1.165, 1.54) is 44.2 Å². The van der Waals surface area contributed by atoms with Gasteiger partial charge in [0.2, 0.25) is 0 Å². The molecule has 1 aliphatic carbocycles. The molecule has 4 nitrogen and oxygen atoms in total. The van der Waals surface area contributed by atoms with Gasteiger partial charge >= 0.3 is 0 Å². The fourth-order valence-electron chi connectivity index (χ4n) is 6.65. The van der Waals surface area contributed by atoms with Crippen LogP contribution in [0.1, 0.15) is 22.3 Å². The smallest absolute Gasteiger partial charge is 0.119 e. The summed E-state index contributed by atoms with van der Waals surface area (Å²) in [6.07, 6.45) is 0. The van der Waals surface area contributed by atoms with E-state index in [-0.39, 0.29) is 26.4 Å². The summed E-state index contributed by atoms with van der Waals surface area (Å²) < 4.78 is 11.5. The van der Waals surface area contributed by atoms with Gasteiger partial charge in [0.15, 0.2) is 0 Å². The van der Waals surface area contributed by atoms with Gasteiger partial charge in [-0.2, -0.15) is 0 Å². The number of benzene rings is 6. The van der Waals surface area contributed by atoms with E-state index in [1.807, 2.05) is 24.3 Å². The lowest BCUT2D eigenvalue weighted by atomic mass is 9.66. The predicted molar refractivity (Wildman–Crippen MR) is 172 cm³/mol. The van der Waals surface area contributed by atoms with E-state index in [4.69, 9.17) is 9.47 Å². The average molecular weight is 565 g/mol. The van der Waals surface area contributed by atoms with Gasteiger partial charge in [-0.15, -0.1) is 0 Å². The second-order valence-corrected chi connectivity index (χ2v) is 10.8. The Morgan fingerprint density at radius 2 is 1.05 bits per heavy atom. The van der Waals surface area contributed by atoms with Gasteiger partial charge in [0.1, 0.15) is 24.7 Å². The first-order valence-corrected chi connectivity index (χ1v) is 14.6. The van der Waals surface area contributed by atoms with Gasteiger partial charge in [0.25, 0.3) is 0 Å². The third-order valence-electron chi connectivity index (χ3n) is 8.42. The zero-order chi connectivity index (χ0) is 29.2. The fourth-order valence-corrected chi connectivity index (χ4v) is 6.65. The molecule has 2 N–H and O–H groups in total. The molecule has 6 aromatic rings. The average Bonchev–Trinajstić information content (AvgIpc) is 3.38. The van der Waals surface area contributed by atoms with Crippen LogP contribution in [0.2, 0.25) is 0 Å². The Labute approximate surface area is 251 Å². The van der Waals surface area contributed by atoms with Gasteiger partial charge in [0.05, 0.1) is 18.6 Å². The predicted octanol–water partition coefficient (Wildman–Crippen LogP) is 7.61. The van der Waals surface area contributed by atoms with Crippen LogP contribution in [0, 0.1) is 0 Å². The number of ether oxygens (including phenoxy) is 2. The molecule has 0 amide bonds. The third-order valence-corrected chi connectivity index (χ3v) is 8.42. The molecule has 0 atom stereocenters. The van der Waals surface area contributed by atoms with Gasteiger partial charge in [0, 0.05) is 0 Å². The van der Waals surface area contributed by atoms with Crippen LogP contribution in [0.15, 0.2) is 133 Å². The highest BCUT2D eigenvalue weighted by Crippen LogP contribution is 2.58. The summed E-state index contributed by atoms with van der Waals surface area (Å²) in [7, 11) is 0. The minimum atomic E-state index is -0.626. The standard InChI is InChI=1S/C39H32O4/c40-22-24-42-32-18-14-30(15-19-32)39(31-16-20-33(21-17-31)43-25-23-41)37-11-4-3-8-35(37)36-10-5-9-34(38(36)39)29-13-12-27-6-1-2-7-28(27)26-29/h1-21,26,40-41H,22-25H2. The van der Waals surface area contributed by atoms with Crippen LogP contribution in [0.3, 0.4) is 0 Å². The van der Waals surface area contributed by atoms with E-state index in [1.54, 1.807) is 0 Å². The van der Waals surface area contributed by atoms with Crippen molar-refractivity contribution in [1.82, 2.24) is 0 Å². The van der Waals surface area contributed by atoms with Crippen LogP contribution in [0.25, 0.3) is 33.0 Å². The highest BCUT2D eigenvalue weighted by molar-refractivity contribution is 5.95. The molecule has 0 heterocycles. The van der Waals surface area contributed by atoms with Crippen molar-refractivity contribution in [1.29, 1.82) is 0 Å². The minimum Gasteiger partial charge on any atom is -0.491 e. The summed E-state index contributed by atoms with van der Waals surface area (Å²) >= 11 is 0. The molecule has 43 heavy (non-hydrogen) atoms. The van der Waals surface area contributed by atoms with E-state index >= 15 is 0 Å². The molecule has 1 aliphatic rings. The molecule has 0 saturated carbocycles. The first kappa shape index (κ1) is 27.0. The maximum atomic E-state index is 9.30. The lowest BCUT2D eigenvalue weighted by molar-refractivity contribution is 0.201. The second-order valence-electron chi connectivity index (χ2n) is 10.8. The summed E-state index contributed by atoms with van der Waals surface area (Å²) in [6, 6.07) is 47.1. The maximum absolute atomic E-state index is 9.30. The highest BCUT2D eigenvalue weighted by Gasteiger charge is 2.47. The van der Waals surface area contributed by atoms with Crippen molar-refractivity contribution in [2.24, 2.45) is 0 Å². The van der Waals surface area contributed by atoms with Crippen molar-refractivity contribution in [3.05, 3.63) is 156 Å². The molecule has 0 unspecified atom stereocenters. The Balaban J connectivity index is 1.52. The third kappa shape index (κ3) is 4.56. The SMILES string of the molecule is OCCOc1ccc(C2(c3ccc(OCCO)cc3)c3ccccc3-c3cccc(-c4ccc5ccccc5c4)c32)cc1. The molecule has 0 spiro atoms. The molecule has 0 radical (unpaired) electrons. The van der Waals surface area contributed by atoms with Crippen molar-refractivity contribution < 1.29 is 19.7 Å². The molecule has 6 aromatic carbocycles. The lowest BCUT2D eigenvalue weighted by Crippen LogP contribution is -2.29. The monoisotopic (exact) mass is 564 g/mol. The number of aliphatic hydroxyl groups is 2. The second kappa shape index (κ2) is 11.4. The fraction of sp³-hybridized carbons (Fsp3) is 0.128. The zero-order valence-electron chi connectivity index (χ0n) is 23.7. The van der Waals surface area contributed by atoms with Gasteiger partial charge in [-0.1, -0.05) is 103 Å². The largest absolute Gasteiger partial charge is 0.491 e. The van der Waals surface area contributed by atoms with Crippen molar-refractivity contribution in [2.75, 3.05) is 26.4 Å². The van der Waals surface area contributed by atoms with E-state index in [0.29, 0.717) is 0 Å². The van der Waals surface area contributed by atoms with Crippen LogP contribution in [-0.2, 0) is 5.41 Å². The van der Waals surface area contributed by atoms with Crippen LogP contribution >= 0.6 is 0 Å². The molecule has 0 saturated heterocycles. The van der Waals surface area contributed by atoms with E-state index < -0.39 is 5.41 Å². The maximum Gasteiger partial charge on any atom is 0.119 e. The summed E-state index contributed by atoms with van der Waals surface area (Å²) in [4.78, 5) is 0. The first-order valence-electron chi connectivity index (χ1n) is 14.6. The molecule has 0 aliphatic heterocycles. The normalized spacial score (nSPS) is 13.0. The highest BCUT2D eigenvalue weighted by atomic mass is 16.5. The molecule has 0 bridgehead atoms. The molecule has 7 rings (SSSR count). The quantitative estimate of drug-likeness (QED) is 0.189. The van der Waals surface area contributed by atoms with Gasteiger partial charge < -0.3 is 19.7 Å². The van der Waals surface area contributed by atoms with E-state index in [2.05, 4.69) is 109 Å². The number of rotatable bonds is 9. The van der Waals surface area contributed by atoms with Crippen molar-refractivity contribution >= 4 is 10.8 Å². The van der Waals surface area contributed by atoms with Crippen LogP contribution in [0.4, 0.5) is 0 Å². The summed E-state index contributed by atoms with van der Waals surface area (Å²) in [5, 5.41) is 21.0. The molecular weight excluding hydrogens is 532 g/mol. The zero-order valence-corrected chi connectivity index (χ0v) is 23.7. The number of fused-ring (bicyclic) bond motifs is 4. The Hall–Kier alpha value is -4.90. The first-order chi connectivity index (χ1) is 21.2. The summed E-state index contributed by atoms with van der Waals surface area (Å²) in [6.45, 7) is 0.424. The van der Waals surface area contributed by atoms with Gasteiger partial charge in [-0.3, -0.25) is 0 Å². The molecular formula is C39H32O4. The van der Waals surface area contributed by atoms with E-state index in [0.717, 1.165) is 22.6 Å². The molecule has 0 fully saturated rings. The molecule has 212 valence electrons. The summed E-state index contributed by atoms with van der Waals surface area (Å²) in [5.74, 6) is 1.44. The molecule has 4 heteroatoms. The summed E-state index contributed by atoms with van der Waals surface area (Å²) in [5.41, 5.74) is 8.83. The van der Waals surface area contributed by atoms with Crippen LogP contribution < -0.4 is 9.47 Å². The molecule has 0 aromatic heterocycles. The van der Waals surface area contributed by atoms with Gasteiger partial charge in [-0.05, 0) is 85.6 Å². The van der Waals surface area contributed by atoms with Crippen molar-refractivity contribution in [3.63, 3.8) is 0 Å². The van der Waals surface area contributed by atoms with Crippen molar-refractivity contribution in [2.45, 2.75) is 5.41 Å². The number of aliphatic hydroxyl groups excluding tert-OH is 2. The van der Waals surface area contributed by atoms with Crippen LogP contribution in [0.5, 0.6) is 11.5 Å².